The minimum Gasteiger partial charge on any atom is -0.481 e. The Hall–Kier alpha value is -2.21. The molecule has 0 unspecified atom stereocenters. The first-order valence-electron chi connectivity index (χ1n) is 5.33. The molecule has 0 radical (unpaired) electrons. The van der Waals surface area contributed by atoms with Gasteiger partial charge in [0.15, 0.2) is 5.75 Å². The van der Waals surface area contributed by atoms with Gasteiger partial charge in [-0.1, -0.05) is 17.7 Å². The highest BCUT2D eigenvalue weighted by Crippen LogP contribution is 2.32. The van der Waals surface area contributed by atoms with Gasteiger partial charge >= 0.3 is 6.01 Å². The molecule has 6 nitrogen and oxygen atoms in total. The number of nitrogens with zero attached hydrogens (tertiary/aromatic N) is 2. The maximum absolute atomic E-state index is 5.90. The van der Waals surface area contributed by atoms with E-state index in [0.29, 0.717) is 28.2 Å². The van der Waals surface area contributed by atoms with E-state index in [9.17, 15) is 0 Å². The average molecular weight is 282 g/mol. The molecule has 0 aliphatic rings. The second kappa shape index (κ2) is 5.62. The minimum absolute atomic E-state index is 0.0603. The van der Waals surface area contributed by atoms with Gasteiger partial charge in [-0.15, -0.1) is 0 Å². The first-order valence-corrected chi connectivity index (χ1v) is 5.70. The van der Waals surface area contributed by atoms with Crippen LogP contribution in [0.25, 0.3) is 0 Å². The lowest BCUT2D eigenvalue weighted by Gasteiger charge is -2.09. The summed E-state index contributed by atoms with van der Waals surface area (Å²) in [5.74, 6) is 1.01. The van der Waals surface area contributed by atoms with Gasteiger partial charge in [-0.25, -0.2) is 0 Å². The summed E-state index contributed by atoms with van der Waals surface area (Å²) in [7, 11) is 2.97. The fraction of sp³-hybridized carbons (Fsp3) is 0.167. The highest BCUT2D eigenvalue weighted by Gasteiger charge is 2.10. The van der Waals surface area contributed by atoms with Crippen molar-refractivity contribution in [2.24, 2.45) is 0 Å². The van der Waals surface area contributed by atoms with E-state index >= 15 is 0 Å². The number of methoxy groups -OCH3 is 2. The van der Waals surface area contributed by atoms with Crippen LogP contribution in [0.2, 0.25) is 5.02 Å². The number of nitrogens with two attached hydrogens (primary N) is 1. The van der Waals surface area contributed by atoms with E-state index in [0.717, 1.165) is 0 Å². The molecule has 0 aliphatic heterocycles. The largest absolute Gasteiger partial charge is 0.481 e. The van der Waals surface area contributed by atoms with Crippen molar-refractivity contribution in [1.82, 2.24) is 9.97 Å². The lowest BCUT2D eigenvalue weighted by molar-refractivity contribution is 0.348. The summed E-state index contributed by atoms with van der Waals surface area (Å²) in [6, 6.07) is 6.64. The lowest BCUT2D eigenvalue weighted by atomic mass is 10.3. The first-order chi connectivity index (χ1) is 9.13. The zero-order chi connectivity index (χ0) is 13.8. The number of aromatic nitrogens is 2. The minimum atomic E-state index is 0.0603. The summed E-state index contributed by atoms with van der Waals surface area (Å²) < 4.78 is 15.5. The van der Waals surface area contributed by atoms with Crippen LogP contribution in [0.3, 0.4) is 0 Å². The summed E-state index contributed by atoms with van der Waals surface area (Å²) >= 11 is 5.90. The third-order valence-electron chi connectivity index (χ3n) is 2.29. The van der Waals surface area contributed by atoms with Crippen LogP contribution in [0.5, 0.6) is 23.5 Å². The van der Waals surface area contributed by atoms with Gasteiger partial charge in [0.1, 0.15) is 0 Å². The molecule has 0 fully saturated rings. The van der Waals surface area contributed by atoms with Crippen molar-refractivity contribution in [2.45, 2.75) is 0 Å². The van der Waals surface area contributed by atoms with Gasteiger partial charge in [-0.2, -0.15) is 9.97 Å². The molecule has 0 saturated carbocycles. The van der Waals surface area contributed by atoms with Crippen LogP contribution >= 0.6 is 11.6 Å². The fourth-order valence-corrected chi connectivity index (χ4v) is 1.51. The molecule has 0 saturated heterocycles. The predicted molar refractivity (Wildman–Crippen MR) is 71.1 cm³/mol. The van der Waals surface area contributed by atoms with E-state index < -0.39 is 0 Å². The normalized spacial score (nSPS) is 10.1. The van der Waals surface area contributed by atoms with Crippen molar-refractivity contribution in [1.29, 1.82) is 0 Å². The number of hydrogen-bond donors (Lipinski definition) is 1. The quantitative estimate of drug-likeness (QED) is 0.868. The Balaban J connectivity index is 2.34. The number of anilines is 1. The Kier molecular flexibility index (Phi) is 3.91. The molecule has 100 valence electrons. The van der Waals surface area contributed by atoms with Crippen molar-refractivity contribution in [2.75, 3.05) is 20.0 Å². The van der Waals surface area contributed by atoms with Crippen molar-refractivity contribution >= 4 is 17.3 Å². The first kappa shape index (κ1) is 13.2. The maximum Gasteiger partial charge on any atom is 0.328 e. The number of halogens is 1. The Morgan fingerprint density at radius 1 is 1.11 bits per heavy atom. The SMILES string of the molecule is COc1cc(OC)nc(Oc2cccc(Cl)c2N)n1. The van der Waals surface area contributed by atoms with Crippen molar-refractivity contribution in [3.8, 4) is 23.5 Å². The van der Waals surface area contributed by atoms with Crippen LogP contribution < -0.4 is 19.9 Å². The third-order valence-corrected chi connectivity index (χ3v) is 2.62. The summed E-state index contributed by atoms with van der Waals surface area (Å²) in [4.78, 5) is 8.06. The molecule has 2 rings (SSSR count). The number of rotatable bonds is 4. The summed E-state index contributed by atoms with van der Waals surface area (Å²) in [5.41, 5.74) is 6.11. The lowest BCUT2D eigenvalue weighted by Crippen LogP contribution is -1.99. The molecule has 1 heterocycles. The van der Waals surface area contributed by atoms with Gasteiger partial charge in [0.05, 0.1) is 31.0 Å². The van der Waals surface area contributed by atoms with Gasteiger partial charge in [0.2, 0.25) is 11.8 Å². The topological polar surface area (TPSA) is 79.5 Å². The molecule has 7 heteroatoms. The number of nitrogen functional groups attached to an aromatic ring is 1. The van der Waals surface area contributed by atoms with Crippen molar-refractivity contribution < 1.29 is 14.2 Å². The molecule has 0 aliphatic carbocycles. The number of ether oxygens (including phenoxy) is 3. The number of hydrogen-bond acceptors (Lipinski definition) is 6. The zero-order valence-electron chi connectivity index (χ0n) is 10.4. The van der Waals surface area contributed by atoms with E-state index in [1.165, 1.54) is 20.3 Å². The highest BCUT2D eigenvalue weighted by atomic mass is 35.5. The second-order valence-corrected chi connectivity index (χ2v) is 3.90. The fourth-order valence-electron chi connectivity index (χ4n) is 1.34. The van der Waals surface area contributed by atoms with Gasteiger partial charge in [-0.3, -0.25) is 0 Å². The van der Waals surface area contributed by atoms with Crippen LogP contribution in [0.1, 0.15) is 0 Å². The van der Waals surface area contributed by atoms with Crippen molar-refractivity contribution in [3.05, 3.63) is 29.3 Å². The molecule has 19 heavy (non-hydrogen) atoms. The van der Waals surface area contributed by atoms with Gasteiger partial charge in [-0.05, 0) is 12.1 Å². The Labute approximate surface area is 115 Å². The second-order valence-electron chi connectivity index (χ2n) is 3.49. The van der Waals surface area contributed by atoms with Crippen LogP contribution in [-0.4, -0.2) is 24.2 Å². The number of benzene rings is 1. The predicted octanol–water partition coefficient (Wildman–Crippen LogP) is 2.52. The molecular formula is C12H12ClN3O3. The van der Waals surface area contributed by atoms with Crippen LogP contribution in [-0.2, 0) is 0 Å². The van der Waals surface area contributed by atoms with Crippen LogP contribution in [0.4, 0.5) is 5.69 Å². The average Bonchev–Trinajstić information content (AvgIpc) is 2.43. The van der Waals surface area contributed by atoms with E-state index in [-0.39, 0.29) is 6.01 Å². The molecule has 0 bridgehead atoms. The van der Waals surface area contributed by atoms with Crippen LogP contribution in [0, 0.1) is 0 Å². The molecule has 0 amide bonds. The van der Waals surface area contributed by atoms with Gasteiger partial charge in [0.25, 0.3) is 0 Å². The van der Waals surface area contributed by atoms with E-state index in [2.05, 4.69) is 9.97 Å². The highest BCUT2D eigenvalue weighted by molar-refractivity contribution is 6.33. The Bertz CT molecular complexity index is 570. The van der Waals surface area contributed by atoms with E-state index in [1.807, 2.05) is 0 Å². The molecule has 1 aromatic carbocycles. The zero-order valence-corrected chi connectivity index (χ0v) is 11.1. The monoisotopic (exact) mass is 281 g/mol. The molecule has 0 spiro atoms. The standard InChI is InChI=1S/C12H12ClN3O3/c1-17-9-6-10(18-2)16-12(15-9)19-8-5-3-4-7(13)11(8)14/h3-6H,14H2,1-2H3. The summed E-state index contributed by atoms with van der Waals surface area (Å²) in [5, 5.41) is 0.396. The summed E-state index contributed by atoms with van der Waals surface area (Å²) in [6.45, 7) is 0. The molecular weight excluding hydrogens is 270 g/mol. The Morgan fingerprint density at radius 3 is 2.32 bits per heavy atom. The molecule has 0 atom stereocenters. The molecule has 2 aromatic rings. The van der Waals surface area contributed by atoms with E-state index in [4.69, 9.17) is 31.5 Å². The van der Waals surface area contributed by atoms with Gasteiger partial charge < -0.3 is 19.9 Å². The molecule has 1 aromatic heterocycles. The summed E-state index contributed by atoms with van der Waals surface area (Å²) in [6.07, 6.45) is 0. The Morgan fingerprint density at radius 2 is 1.74 bits per heavy atom. The van der Waals surface area contributed by atoms with Gasteiger partial charge in [0, 0.05) is 0 Å². The third kappa shape index (κ3) is 2.97. The number of para-hydroxylation sites is 1. The molecule has 2 N–H and O–H groups in total. The maximum atomic E-state index is 5.90. The van der Waals surface area contributed by atoms with Crippen LogP contribution in [0.15, 0.2) is 24.3 Å². The van der Waals surface area contributed by atoms with E-state index in [1.54, 1.807) is 18.2 Å². The van der Waals surface area contributed by atoms with Crippen molar-refractivity contribution in [3.63, 3.8) is 0 Å². The smallest absolute Gasteiger partial charge is 0.328 e.